The van der Waals surface area contributed by atoms with Gasteiger partial charge in [0.1, 0.15) is 11.6 Å². The Morgan fingerprint density at radius 3 is 1.17 bits per heavy atom. The summed E-state index contributed by atoms with van der Waals surface area (Å²) in [4.78, 5) is 25.6. The molecule has 3 N–H and O–H groups in total. The van der Waals surface area contributed by atoms with Crippen LogP contribution >= 0.6 is 0 Å². The lowest BCUT2D eigenvalue weighted by Crippen LogP contribution is -2.34. The van der Waals surface area contributed by atoms with Gasteiger partial charge in [-0.3, -0.25) is 9.59 Å². The van der Waals surface area contributed by atoms with E-state index < -0.39 is 6.29 Å². The third-order valence-electron chi connectivity index (χ3n) is 8.73. The minimum absolute atomic E-state index is 0.0234. The summed E-state index contributed by atoms with van der Waals surface area (Å²) in [5, 5.41) is 21.3. The Balaban J connectivity index is 3.95. The molecule has 0 amide bonds. The first-order chi connectivity index (χ1) is 20.5. The van der Waals surface area contributed by atoms with Crippen LogP contribution in [0.4, 0.5) is 0 Å². The molecule has 5 heteroatoms. The molecule has 0 aromatic rings. The fraction of sp³-hybridized carbons (Fsp3) is 0.946. The van der Waals surface area contributed by atoms with Crippen LogP contribution in [-0.4, -0.2) is 41.2 Å². The van der Waals surface area contributed by atoms with Crippen molar-refractivity contribution in [3.63, 3.8) is 0 Å². The van der Waals surface area contributed by atoms with Crippen molar-refractivity contribution in [2.45, 2.75) is 206 Å². The van der Waals surface area contributed by atoms with E-state index in [4.69, 9.17) is 10.2 Å². The number of nitrogens with one attached hydrogen (secondary N) is 1. The maximum atomic E-state index is 12.9. The van der Waals surface area contributed by atoms with Crippen LogP contribution in [0.15, 0.2) is 0 Å². The number of hydrogen-bond donors (Lipinski definition) is 3. The molecule has 0 fully saturated rings. The summed E-state index contributed by atoms with van der Waals surface area (Å²) in [6, 6.07) is 0. The van der Waals surface area contributed by atoms with E-state index in [0.717, 1.165) is 25.7 Å². The summed E-state index contributed by atoms with van der Waals surface area (Å²) in [5.74, 6) is -0.0274. The van der Waals surface area contributed by atoms with Crippen LogP contribution in [0.25, 0.3) is 0 Å². The van der Waals surface area contributed by atoms with Crippen LogP contribution in [0.3, 0.4) is 0 Å². The number of rotatable bonds is 35. The smallest absolute Gasteiger partial charge is 0.164 e. The van der Waals surface area contributed by atoms with Crippen molar-refractivity contribution in [3.05, 3.63) is 0 Å². The predicted molar refractivity (Wildman–Crippen MR) is 180 cm³/mol. The molecule has 0 aromatic heterocycles. The summed E-state index contributed by atoms with van der Waals surface area (Å²) in [6.07, 6.45) is 33.3. The first-order valence-corrected chi connectivity index (χ1v) is 18.6. The van der Waals surface area contributed by atoms with E-state index in [1.807, 2.05) is 0 Å². The fourth-order valence-electron chi connectivity index (χ4n) is 5.92. The number of aliphatic hydroxyl groups is 2. The number of aliphatic hydroxyl groups excluding tert-OH is 1. The number of carbonyl (C=O) groups is 2. The molecule has 0 spiro atoms. The first kappa shape index (κ1) is 41.2. The lowest BCUT2D eigenvalue weighted by Gasteiger charge is -2.17. The van der Waals surface area contributed by atoms with Crippen LogP contribution in [0.5, 0.6) is 0 Å². The minimum Gasteiger partial charge on any atom is -0.367 e. The highest BCUT2D eigenvalue weighted by atomic mass is 16.5. The summed E-state index contributed by atoms with van der Waals surface area (Å²) in [5.41, 5.74) is 0. The second-order valence-electron chi connectivity index (χ2n) is 13.0. The number of unbranched alkanes of at least 4 members (excludes halogenated alkanes) is 24. The first-order valence-electron chi connectivity index (χ1n) is 18.6. The zero-order chi connectivity index (χ0) is 30.9. The normalized spacial score (nSPS) is 12.3. The number of hydrogen-bond acceptors (Lipinski definition) is 5. The second-order valence-corrected chi connectivity index (χ2v) is 13.0. The van der Waals surface area contributed by atoms with Crippen molar-refractivity contribution in [1.82, 2.24) is 5.32 Å². The van der Waals surface area contributed by atoms with E-state index in [2.05, 4.69) is 19.2 Å². The van der Waals surface area contributed by atoms with Gasteiger partial charge in [-0.2, -0.15) is 0 Å². The molecular formula is C37H73NO4. The molecule has 0 aromatic carbocycles. The van der Waals surface area contributed by atoms with Crippen molar-refractivity contribution in [2.24, 2.45) is 5.92 Å². The molecule has 0 saturated heterocycles. The Bertz CT molecular complexity index is 580. The van der Waals surface area contributed by atoms with Gasteiger partial charge in [0.05, 0.1) is 0 Å². The molecule has 42 heavy (non-hydrogen) atoms. The molecule has 0 aliphatic heterocycles. The molecule has 0 rings (SSSR count). The average molecular weight is 596 g/mol. The monoisotopic (exact) mass is 596 g/mol. The lowest BCUT2D eigenvalue weighted by atomic mass is 9.92. The van der Waals surface area contributed by atoms with E-state index in [1.165, 1.54) is 141 Å². The average Bonchev–Trinajstić information content (AvgIpc) is 2.97. The molecule has 0 heterocycles. The van der Waals surface area contributed by atoms with E-state index in [1.54, 1.807) is 0 Å². The molecule has 0 aliphatic carbocycles. The van der Waals surface area contributed by atoms with Gasteiger partial charge in [0.25, 0.3) is 0 Å². The Morgan fingerprint density at radius 2 is 0.810 bits per heavy atom. The Morgan fingerprint density at radius 1 is 0.476 bits per heavy atom. The maximum Gasteiger partial charge on any atom is 0.164 e. The fourth-order valence-corrected chi connectivity index (χ4v) is 5.92. The van der Waals surface area contributed by atoms with Gasteiger partial charge in [0.2, 0.25) is 0 Å². The van der Waals surface area contributed by atoms with Crippen LogP contribution in [0.1, 0.15) is 200 Å². The highest BCUT2D eigenvalue weighted by Gasteiger charge is 2.21. The van der Waals surface area contributed by atoms with Gasteiger partial charge >= 0.3 is 0 Å². The largest absolute Gasteiger partial charge is 0.367 e. The molecule has 0 aliphatic rings. The Hall–Kier alpha value is -0.780. The number of ketones is 2. The van der Waals surface area contributed by atoms with Gasteiger partial charge in [-0.15, -0.1) is 0 Å². The van der Waals surface area contributed by atoms with Crippen LogP contribution < -0.4 is 5.32 Å². The van der Waals surface area contributed by atoms with E-state index in [-0.39, 0.29) is 30.4 Å². The van der Waals surface area contributed by atoms with Gasteiger partial charge in [0, 0.05) is 38.3 Å². The molecule has 0 saturated carbocycles. The van der Waals surface area contributed by atoms with E-state index >= 15 is 0 Å². The molecule has 5 nitrogen and oxygen atoms in total. The van der Waals surface area contributed by atoms with Gasteiger partial charge < -0.3 is 15.5 Å². The van der Waals surface area contributed by atoms with Crippen molar-refractivity contribution in [1.29, 1.82) is 0 Å². The summed E-state index contributed by atoms with van der Waals surface area (Å²) >= 11 is 0. The quantitative estimate of drug-likeness (QED) is 0.0501. The van der Waals surface area contributed by atoms with Crippen LogP contribution in [0, 0.1) is 5.92 Å². The zero-order valence-corrected chi connectivity index (χ0v) is 28.3. The molecule has 1 atom stereocenters. The van der Waals surface area contributed by atoms with Gasteiger partial charge in [-0.25, -0.2) is 0 Å². The zero-order valence-electron chi connectivity index (χ0n) is 28.3. The van der Waals surface area contributed by atoms with Crippen molar-refractivity contribution in [2.75, 3.05) is 13.1 Å². The third-order valence-corrected chi connectivity index (χ3v) is 8.73. The van der Waals surface area contributed by atoms with E-state index in [0.29, 0.717) is 19.4 Å². The molecular weight excluding hydrogens is 522 g/mol. The highest BCUT2D eigenvalue weighted by molar-refractivity contribution is 5.88. The van der Waals surface area contributed by atoms with E-state index in [9.17, 15) is 9.59 Å². The minimum atomic E-state index is -1.44. The SMILES string of the molecule is CCCCCCCCCCCCCCCC(=O)CC(CNCC(O)O)C(=O)CCCCCCCCCCCCCCC. The Kier molecular flexibility index (Phi) is 32.5. The maximum absolute atomic E-state index is 12.9. The summed E-state index contributed by atoms with van der Waals surface area (Å²) < 4.78 is 0. The van der Waals surface area contributed by atoms with Gasteiger partial charge in [-0.05, 0) is 12.8 Å². The van der Waals surface area contributed by atoms with Gasteiger partial charge in [-0.1, -0.05) is 168 Å². The second kappa shape index (κ2) is 33.1. The Labute approximate surface area is 261 Å². The summed E-state index contributed by atoms with van der Waals surface area (Å²) in [7, 11) is 0. The molecule has 0 radical (unpaired) electrons. The molecule has 1 unspecified atom stereocenters. The molecule has 250 valence electrons. The van der Waals surface area contributed by atoms with Crippen LogP contribution in [-0.2, 0) is 9.59 Å². The third kappa shape index (κ3) is 30.7. The van der Waals surface area contributed by atoms with Crippen molar-refractivity contribution in [3.8, 4) is 0 Å². The predicted octanol–water partition coefficient (Wildman–Crippen LogP) is 9.99. The van der Waals surface area contributed by atoms with Crippen molar-refractivity contribution >= 4 is 11.6 Å². The van der Waals surface area contributed by atoms with Crippen molar-refractivity contribution < 1.29 is 19.8 Å². The summed E-state index contributed by atoms with van der Waals surface area (Å²) in [6.45, 7) is 4.90. The number of Topliss-reactive ketones (excluding diaryl/α,β-unsaturated/α-hetero) is 2. The topological polar surface area (TPSA) is 86.6 Å². The number of carbonyl (C=O) groups excluding carboxylic acids is 2. The van der Waals surface area contributed by atoms with Crippen LogP contribution in [0.2, 0.25) is 0 Å². The highest BCUT2D eigenvalue weighted by Crippen LogP contribution is 2.17. The molecule has 0 bridgehead atoms. The lowest BCUT2D eigenvalue weighted by molar-refractivity contribution is -0.128. The standard InChI is InChI=1S/C37H73NO4/c1-3-5-7-9-11-13-15-17-19-21-23-25-27-29-35(39)31-34(32-38-33-37(41)42)36(40)30-28-26-24-22-20-18-16-14-12-10-8-6-4-2/h34,37-38,41-42H,3-33H2,1-2H3. The van der Waals surface area contributed by atoms with Gasteiger partial charge in [0.15, 0.2) is 6.29 Å².